The molecule has 0 unspecified atom stereocenters. The largest absolute Gasteiger partial charge is 0.383 e. The van der Waals surface area contributed by atoms with Crippen molar-refractivity contribution in [3.63, 3.8) is 0 Å². The van der Waals surface area contributed by atoms with Crippen molar-refractivity contribution in [2.75, 3.05) is 46.9 Å². The molecular weight excluding hydrogens is 324 g/mol. The summed E-state index contributed by atoms with van der Waals surface area (Å²) in [6.07, 6.45) is 6.49. The Kier molecular flexibility index (Phi) is 6.92. The van der Waals surface area contributed by atoms with E-state index in [2.05, 4.69) is 50.9 Å². The standard InChI is InChI=1S/C21H34N4O/c1-22-20(23-13-14-25(15-16-26-2)19-9-10-19)24-17-21(11-6-12-21)18-7-4-3-5-8-18/h3-5,7-8,19H,6,9-17H2,1-2H3,(H2,22,23,24). The van der Waals surface area contributed by atoms with Crippen LogP contribution < -0.4 is 10.6 Å². The molecule has 1 aromatic rings. The van der Waals surface area contributed by atoms with Crippen LogP contribution >= 0.6 is 0 Å². The molecule has 0 amide bonds. The predicted octanol–water partition coefficient (Wildman–Crippen LogP) is 2.38. The monoisotopic (exact) mass is 358 g/mol. The van der Waals surface area contributed by atoms with Gasteiger partial charge in [0.2, 0.25) is 0 Å². The second kappa shape index (κ2) is 9.38. The molecule has 0 heterocycles. The number of hydrogen-bond acceptors (Lipinski definition) is 3. The Hall–Kier alpha value is -1.59. The second-order valence-corrected chi connectivity index (χ2v) is 7.61. The summed E-state index contributed by atoms with van der Waals surface area (Å²) < 4.78 is 5.24. The van der Waals surface area contributed by atoms with Crippen LogP contribution in [0.2, 0.25) is 0 Å². The molecular formula is C21H34N4O. The molecule has 26 heavy (non-hydrogen) atoms. The van der Waals surface area contributed by atoms with Crippen LogP contribution in [-0.2, 0) is 10.2 Å². The van der Waals surface area contributed by atoms with Gasteiger partial charge in [0.1, 0.15) is 0 Å². The van der Waals surface area contributed by atoms with E-state index in [9.17, 15) is 0 Å². The molecule has 2 N–H and O–H groups in total. The molecule has 144 valence electrons. The fourth-order valence-electron chi connectivity index (χ4n) is 3.88. The minimum Gasteiger partial charge on any atom is -0.383 e. The molecule has 0 spiro atoms. The van der Waals surface area contributed by atoms with E-state index in [1.54, 1.807) is 7.11 Å². The van der Waals surface area contributed by atoms with Crippen LogP contribution in [0.5, 0.6) is 0 Å². The van der Waals surface area contributed by atoms with Crippen molar-refractivity contribution in [3.05, 3.63) is 35.9 Å². The van der Waals surface area contributed by atoms with Crippen LogP contribution in [0.4, 0.5) is 0 Å². The lowest BCUT2D eigenvalue weighted by molar-refractivity contribution is 0.144. The van der Waals surface area contributed by atoms with E-state index in [0.29, 0.717) is 0 Å². The summed E-state index contributed by atoms with van der Waals surface area (Å²) in [7, 11) is 3.63. The van der Waals surface area contributed by atoms with Crippen molar-refractivity contribution in [1.82, 2.24) is 15.5 Å². The van der Waals surface area contributed by atoms with E-state index >= 15 is 0 Å². The van der Waals surface area contributed by atoms with Gasteiger partial charge in [-0.3, -0.25) is 9.89 Å². The summed E-state index contributed by atoms with van der Waals surface area (Å²) in [6.45, 7) is 4.73. The number of rotatable bonds is 10. The lowest BCUT2D eigenvalue weighted by Gasteiger charge is -2.43. The molecule has 5 nitrogen and oxygen atoms in total. The first-order chi connectivity index (χ1) is 12.8. The SMILES string of the molecule is CN=C(NCCN(CCOC)C1CC1)NCC1(c2ccccc2)CCC1. The lowest BCUT2D eigenvalue weighted by Crippen LogP contribution is -2.50. The van der Waals surface area contributed by atoms with Crippen molar-refractivity contribution in [1.29, 1.82) is 0 Å². The summed E-state index contributed by atoms with van der Waals surface area (Å²) in [4.78, 5) is 6.94. The maximum absolute atomic E-state index is 5.24. The molecule has 0 aliphatic heterocycles. The number of aliphatic imine (C=N–C) groups is 1. The number of guanidine groups is 1. The average Bonchev–Trinajstić information content (AvgIpc) is 3.48. The van der Waals surface area contributed by atoms with Crippen LogP contribution in [0.15, 0.2) is 35.3 Å². The summed E-state index contributed by atoms with van der Waals surface area (Å²) >= 11 is 0. The van der Waals surface area contributed by atoms with Crippen molar-refractivity contribution in [2.24, 2.45) is 4.99 Å². The highest BCUT2D eigenvalue weighted by Gasteiger charge is 2.38. The van der Waals surface area contributed by atoms with Gasteiger partial charge in [-0.1, -0.05) is 36.8 Å². The van der Waals surface area contributed by atoms with Gasteiger partial charge in [-0.25, -0.2) is 0 Å². The first-order valence-corrected chi connectivity index (χ1v) is 10.0. The van der Waals surface area contributed by atoms with E-state index in [0.717, 1.165) is 44.8 Å². The Bertz CT molecular complexity index is 567. The number of methoxy groups -OCH3 is 1. The summed E-state index contributed by atoms with van der Waals surface area (Å²) in [5.41, 5.74) is 1.73. The molecule has 0 saturated heterocycles. The lowest BCUT2D eigenvalue weighted by atomic mass is 9.64. The van der Waals surface area contributed by atoms with E-state index in [-0.39, 0.29) is 5.41 Å². The Morgan fingerprint density at radius 3 is 2.54 bits per heavy atom. The van der Waals surface area contributed by atoms with Gasteiger partial charge in [0.25, 0.3) is 0 Å². The van der Waals surface area contributed by atoms with Gasteiger partial charge in [-0.05, 0) is 31.2 Å². The van der Waals surface area contributed by atoms with Gasteiger partial charge in [0.05, 0.1) is 6.61 Å². The highest BCUT2D eigenvalue weighted by atomic mass is 16.5. The van der Waals surface area contributed by atoms with Gasteiger partial charge in [-0.2, -0.15) is 0 Å². The highest BCUT2D eigenvalue weighted by molar-refractivity contribution is 5.79. The Morgan fingerprint density at radius 2 is 1.96 bits per heavy atom. The summed E-state index contributed by atoms with van der Waals surface area (Å²) in [6, 6.07) is 11.7. The minimum atomic E-state index is 0.275. The van der Waals surface area contributed by atoms with Crippen LogP contribution in [-0.4, -0.2) is 63.8 Å². The van der Waals surface area contributed by atoms with Crippen LogP contribution in [0.3, 0.4) is 0 Å². The van der Waals surface area contributed by atoms with Gasteiger partial charge in [-0.15, -0.1) is 0 Å². The highest BCUT2D eigenvalue weighted by Crippen LogP contribution is 2.43. The van der Waals surface area contributed by atoms with E-state index < -0.39 is 0 Å². The van der Waals surface area contributed by atoms with Crippen molar-refractivity contribution in [3.8, 4) is 0 Å². The molecule has 0 aromatic heterocycles. The smallest absolute Gasteiger partial charge is 0.191 e. The third-order valence-corrected chi connectivity index (χ3v) is 5.85. The van der Waals surface area contributed by atoms with Crippen LogP contribution in [0.1, 0.15) is 37.7 Å². The predicted molar refractivity (Wildman–Crippen MR) is 108 cm³/mol. The topological polar surface area (TPSA) is 48.9 Å². The quantitative estimate of drug-likeness (QED) is 0.498. The molecule has 5 heteroatoms. The van der Waals surface area contributed by atoms with E-state index in [1.165, 1.54) is 37.7 Å². The zero-order valence-electron chi connectivity index (χ0n) is 16.3. The number of nitrogens with one attached hydrogen (secondary N) is 2. The first kappa shape index (κ1) is 19.2. The third kappa shape index (κ3) is 4.98. The fourth-order valence-corrected chi connectivity index (χ4v) is 3.88. The fraction of sp³-hybridized carbons (Fsp3) is 0.667. The van der Waals surface area contributed by atoms with Crippen molar-refractivity contribution >= 4 is 5.96 Å². The Labute approximate surface area is 158 Å². The maximum Gasteiger partial charge on any atom is 0.191 e. The second-order valence-electron chi connectivity index (χ2n) is 7.61. The average molecular weight is 359 g/mol. The molecule has 0 radical (unpaired) electrons. The molecule has 0 atom stereocenters. The molecule has 1 aromatic carbocycles. The number of benzene rings is 1. The molecule has 2 aliphatic carbocycles. The summed E-state index contributed by atoms with van der Waals surface area (Å²) in [5, 5.41) is 7.06. The van der Waals surface area contributed by atoms with Crippen molar-refractivity contribution in [2.45, 2.75) is 43.6 Å². The molecule has 2 fully saturated rings. The van der Waals surface area contributed by atoms with Crippen molar-refractivity contribution < 1.29 is 4.74 Å². The minimum absolute atomic E-state index is 0.275. The number of hydrogen-bond donors (Lipinski definition) is 2. The normalized spacial score (nSPS) is 19.3. The van der Waals surface area contributed by atoms with E-state index in [4.69, 9.17) is 4.74 Å². The number of ether oxygens (including phenoxy) is 1. The molecule has 0 bridgehead atoms. The molecule has 2 saturated carbocycles. The Balaban J connectivity index is 1.44. The first-order valence-electron chi connectivity index (χ1n) is 10.0. The van der Waals surface area contributed by atoms with E-state index in [1.807, 2.05) is 7.05 Å². The molecule has 3 rings (SSSR count). The number of nitrogens with zero attached hydrogens (tertiary/aromatic N) is 2. The Morgan fingerprint density at radius 1 is 1.19 bits per heavy atom. The van der Waals surface area contributed by atoms with Crippen LogP contribution in [0.25, 0.3) is 0 Å². The van der Waals surface area contributed by atoms with Gasteiger partial charge < -0.3 is 15.4 Å². The van der Waals surface area contributed by atoms with Gasteiger partial charge >= 0.3 is 0 Å². The van der Waals surface area contributed by atoms with Gasteiger partial charge in [0, 0.05) is 51.8 Å². The third-order valence-electron chi connectivity index (χ3n) is 5.85. The summed E-state index contributed by atoms with van der Waals surface area (Å²) in [5.74, 6) is 0.912. The molecule has 2 aliphatic rings. The van der Waals surface area contributed by atoms with Gasteiger partial charge in [0.15, 0.2) is 5.96 Å². The zero-order valence-corrected chi connectivity index (χ0v) is 16.3. The maximum atomic E-state index is 5.24. The zero-order chi connectivity index (χ0) is 18.2. The van der Waals surface area contributed by atoms with Crippen LogP contribution in [0, 0.1) is 0 Å².